The van der Waals surface area contributed by atoms with Gasteiger partial charge in [-0.3, -0.25) is 4.98 Å². The van der Waals surface area contributed by atoms with Crippen molar-refractivity contribution < 1.29 is 21.1 Å². The molecule has 9 aromatic rings. The van der Waals surface area contributed by atoms with Crippen LogP contribution in [-0.2, 0) is 28.1 Å². The smallest absolute Gasteiger partial charge is 0.367 e. The van der Waals surface area contributed by atoms with Crippen LogP contribution in [0.4, 0.5) is 0 Å². The number of aryl methyl sites for hydroxylation is 1. The maximum atomic E-state index is 5.15. The molecule has 230 valence electrons. The molecule has 0 radical (unpaired) electrons. The molecular formula is C43H28N4Pt. The molecule has 0 bridgehead atoms. The van der Waals surface area contributed by atoms with Crippen LogP contribution in [0.15, 0.2) is 152 Å². The third kappa shape index (κ3) is 4.97. The number of rotatable bonds is 5. The van der Waals surface area contributed by atoms with Crippen LogP contribution in [0.1, 0.15) is 0 Å². The van der Waals surface area contributed by atoms with Crippen LogP contribution in [0.25, 0.3) is 83.4 Å². The number of fused-ring (bicyclic) bond motifs is 4. The largest absolute Gasteiger partial charge is 2.00 e. The minimum Gasteiger partial charge on any atom is -0.367 e. The molecule has 3 heterocycles. The van der Waals surface area contributed by atoms with Crippen molar-refractivity contribution in [1.29, 1.82) is 0 Å². The number of imidazole rings is 1. The average molecular weight is 796 g/mol. The Balaban J connectivity index is 0.00000336. The Morgan fingerprint density at radius 2 is 1.33 bits per heavy atom. The van der Waals surface area contributed by atoms with Crippen molar-refractivity contribution in [3.8, 4) is 50.6 Å². The van der Waals surface area contributed by atoms with E-state index in [-0.39, 0.29) is 21.1 Å². The number of hydrogen-bond acceptors (Lipinski definition) is 2. The maximum Gasteiger partial charge on any atom is 2.00 e. The summed E-state index contributed by atoms with van der Waals surface area (Å²) in [6.45, 7) is 0. The number of para-hydroxylation sites is 2. The molecule has 0 N–H and O–H groups in total. The monoisotopic (exact) mass is 795 g/mol. The first kappa shape index (κ1) is 29.8. The van der Waals surface area contributed by atoms with Crippen molar-refractivity contribution in [3.63, 3.8) is 0 Å². The predicted molar refractivity (Wildman–Crippen MR) is 192 cm³/mol. The van der Waals surface area contributed by atoms with Gasteiger partial charge in [0.2, 0.25) is 0 Å². The number of nitrogens with zero attached hydrogens (tertiary/aromatic N) is 4. The summed E-state index contributed by atoms with van der Waals surface area (Å²) in [6, 6.07) is 58.3. The zero-order valence-corrected chi connectivity index (χ0v) is 28.3. The summed E-state index contributed by atoms with van der Waals surface area (Å²) in [5, 5.41) is 2.28. The van der Waals surface area contributed by atoms with Crippen molar-refractivity contribution >= 4 is 32.8 Å². The van der Waals surface area contributed by atoms with Gasteiger partial charge < -0.3 is 14.1 Å². The Kier molecular flexibility index (Phi) is 7.59. The Bertz CT molecular complexity index is 2570. The van der Waals surface area contributed by atoms with Crippen LogP contribution in [-0.4, -0.2) is 19.1 Å². The average Bonchev–Trinajstić information content (AvgIpc) is 3.65. The molecule has 0 amide bonds. The first-order valence-corrected chi connectivity index (χ1v) is 15.7. The van der Waals surface area contributed by atoms with Crippen LogP contribution in [0.5, 0.6) is 0 Å². The fraction of sp³-hybridized carbons (Fsp3) is 0.0233. The molecule has 5 heteroatoms. The van der Waals surface area contributed by atoms with Gasteiger partial charge in [0.25, 0.3) is 0 Å². The minimum absolute atomic E-state index is 0. The maximum absolute atomic E-state index is 5.15. The standard InChI is InChI=1S/C43H28N4.Pt/c1-46-41-21-9-8-20-39(41)45-43(46)37-28-42-36(27-34(37)30-15-6-3-7-16-30)35-26-31(29-13-4-2-5-14-29)22-23-40(35)47(42)33-18-12-17-32(25-33)38-19-10-11-24-44-38;/h2-24,26-27H,1H3;/q-2;+2. The van der Waals surface area contributed by atoms with Crippen LogP contribution >= 0.6 is 0 Å². The molecule has 0 atom stereocenters. The molecule has 4 nitrogen and oxygen atoms in total. The Morgan fingerprint density at radius 1 is 0.583 bits per heavy atom. The summed E-state index contributed by atoms with van der Waals surface area (Å²) in [5.74, 6) is 0.875. The van der Waals surface area contributed by atoms with Gasteiger partial charge in [0.05, 0.1) is 16.9 Å². The zero-order valence-electron chi connectivity index (χ0n) is 26.0. The number of hydrogen-bond donors (Lipinski definition) is 0. The summed E-state index contributed by atoms with van der Waals surface area (Å²) in [6.07, 6.45) is 1.82. The summed E-state index contributed by atoms with van der Waals surface area (Å²) in [4.78, 5) is 9.76. The van der Waals surface area contributed by atoms with Crippen molar-refractivity contribution in [2.75, 3.05) is 0 Å². The summed E-state index contributed by atoms with van der Waals surface area (Å²) in [7, 11) is 2.09. The normalized spacial score (nSPS) is 11.3. The predicted octanol–water partition coefficient (Wildman–Crippen LogP) is 10.3. The molecule has 0 aliphatic carbocycles. The van der Waals surface area contributed by atoms with Crippen molar-refractivity contribution in [2.45, 2.75) is 0 Å². The molecule has 0 spiro atoms. The molecule has 0 fully saturated rings. The molecular weight excluding hydrogens is 768 g/mol. The van der Waals surface area contributed by atoms with Crippen LogP contribution in [0, 0.1) is 12.1 Å². The van der Waals surface area contributed by atoms with E-state index in [9.17, 15) is 0 Å². The van der Waals surface area contributed by atoms with E-state index in [0.29, 0.717) is 0 Å². The third-order valence-electron chi connectivity index (χ3n) is 8.97. The molecule has 9 rings (SSSR count). The van der Waals surface area contributed by atoms with Crippen LogP contribution in [0.2, 0.25) is 0 Å². The van der Waals surface area contributed by atoms with Crippen LogP contribution < -0.4 is 0 Å². The topological polar surface area (TPSA) is 35.6 Å². The van der Waals surface area contributed by atoms with Gasteiger partial charge in [0.15, 0.2) is 0 Å². The number of aromatic nitrogens is 4. The van der Waals surface area contributed by atoms with Gasteiger partial charge in [0.1, 0.15) is 0 Å². The van der Waals surface area contributed by atoms with Gasteiger partial charge in [0, 0.05) is 18.8 Å². The Hall–Kier alpha value is -5.57. The summed E-state index contributed by atoms with van der Waals surface area (Å²) in [5.41, 5.74) is 12.4. The number of pyridine rings is 1. The quantitative estimate of drug-likeness (QED) is 0.163. The van der Waals surface area contributed by atoms with Crippen LogP contribution in [0.3, 0.4) is 0 Å². The second-order valence-corrected chi connectivity index (χ2v) is 11.8. The van der Waals surface area contributed by atoms with Gasteiger partial charge in [-0.2, -0.15) is 0 Å². The fourth-order valence-electron chi connectivity index (χ4n) is 6.70. The number of benzene rings is 6. The van der Waals surface area contributed by atoms with E-state index >= 15 is 0 Å². The molecule has 3 aromatic heterocycles. The van der Waals surface area contributed by atoms with E-state index < -0.39 is 0 Å². The minimum atomic E-state index is 0. The molecule has 0 saturated heterocycles. The van der Waals surface area contributed by atoms with Gasteiger partial charge in [-0.05, 0) is 57.7 Å². The summed E-state index contributed by atoms with van der Waals surface area (Å²) < 4.78 is 4.46. The second kappa shape index (κ2) is 12.2. The summed E-state index contributed by atoms with van der Waals surface area (Å²) >= 11 is 0. The Morgan fingerprint density at radius 3 is 2.10 bits per heavy atom. The third-order valence-corrected chi connectivity index (χ3v) is 8.97. The molecule has 0 unspecified atom stereocenters. The molecule has 0 aliphatic rings. The van der Waals surface area contributed by atoms with Crippen molar-refractivity contribution in [2.24, 2.45) is 7.05 Å². The van der Waals surface area contributed by atoms with Crippen molar-refractivity contribution in [3.05, 3.63) is 164 Å². The van der Waals surface area contributed by atoms with E-state index in [2.05, 4.69) is 155 Å². The van der Waals surface area contributed by atoms with Crippen molar-refractivity contribution in [1.82, 2.24) is 19.1 Å². The second-order valence-electron chi connectivity index (χ2n) is 11.8. The van der Waals surface area contributed by atoms with E-state index in [1.54, 1.807) is 0 Å². The van der Waals surface area contributed by atoms with Gasteiger partial charge in [-0.1, -0.05) is 119 Å². The van der Waals surface area contributed by atoms with Gasteiger partial charge in [-0.25, -0.2) is 0 Å². The first-order chi connectivity index (χ1) is 23.2. The molecule has 0 saturated carbocycles. The van der Waals surface area contributed by atoms with Gasteiger partial charge in [-0.15, -0.1) is 42.0 Å². The van der Waals surface area contributed by atoms with E-state index in [1.807, 2.05) is 30.5 Å². The first-order valence-electron chi connectivity index (χ1n) is 15.7. The fourth-order valence-corrected chi connectivity index (χ4v) is 6.70. The Labute approximate surface area is 293 Å². The zero-order chi connectivity index (χ0) is 31.3. The van der Waals surface area contributed by atoms with E-state index in [0.717, 1.165) is 72.3 Å². The SMILES string of the molecule is Cn1c(-c2[c-]c3c(cc2-c2ccccc2)c2cc(-c4ccccc4)ccc2n3-c2[c-]c(-c3ccccn3)ccc2)nc2ccccc21.[Pt+2]. The van der Waals surface area contributed by atoms with Gasteiger partial charge >= 0.3 is 21.1 Å². The molecule has 6 aromatic carbocycles. The van der Waals surface area contributed by atoms with E-state index in [1.165, 1.54) is 11.1 Å². The molecule has 0 aliphatic heterocycles. The van der Waals surface area contributed by atoms with E-state index in [4.69, 9.17) is 4.98 Å². The molecule has 48 heavy (non-hydrogen) atoms.